The zero-order valence-corrected chi connectivity index (χ0v) is 10.3. The molecule has 0 aliphatic heterocycles. The van der Waals surface area contributed by atoms with Crippen LogP contribution in [0.3, 0.4) is 0 Å². The lowest BCUT2D eigenvalue weighted by atomic mass is 10.2. The monoisotopic (exact) mass is 260 g/mol. The summed E-state index contributed by atoms with van der Waals surface area (Å²) in [6, 6.07) is 9.16. The van der Waals surface area contributed by atoms with Gasteiger partial charge in [-0.05, 0) is 25.1 Å². The van der Waals surface area contributed by atoms with Gasteiger partial charge in [0, 0.05) is 5.69 Å². The van der Waals surface area contributed by atoms with E-state index in [1.165, 1.54) is 0 Å². The topological polar surface area (TPSA) is 67.6 Å². The summed E-state index contributed by atoms with van der Waals surface area (Å²) in [6.45, 7) is 1.90. The molecule has 2 aromatic heterocycles. The van der Waals surface area contributed by atoms with Crippen molar-refractivity contribution in [2.24, 2.45) is 0 Å². The van der Waals surface area contributed by atoms with Gasteiger partial charge in [0.15, 0.2) is 0 Å². The van der Waals surface area contributed by atoms with Gasteiger partial charge in [0.05, 0.1) is 10.6 Å². The van der Waals surface area contributed by atoms with E-state index in [4.69, 9.17) is 16.0 Å². The van der Waals surface area contributed by atoms with Crippen LogP contribution in [0.2, 0.25) is 5.02 Å². The smallest absolute Gasteiger partial charge is 0.268 e. The van der Waals surface area contributed by atoms with Crippen LogP contribution in [0.25, 0.3) is 23.0 Å². The second kappa shape index (κ2) is 4.27. The third-order valence-corrected chi connectivity index (χ3v) is 2.78. The van der Waals surface area contributed by atoms with Gasteiger partial charge in [-0.3, -0.25) is 5.10 Å². The van der Waals surface area contributed by atoms with Crippen LogP contribution < -0.4 is 0 Å². The highest BCUT2D eigenvalue weighted by Gasteiger charge is 2.14. The zero-order valence-electron chi connectivity index (χ0n) is 9.51. The van der Waals surface area contributed by atoms with Crippen molar-refractivity contribution in [1.82, 2.24) is 20.4 Å². The Bertz CT molecular complexity index is 689. The van der Waals surface area contributed by atoms with Gasteiger partial charge in [-0.15, -0.1) is 10.2 Å². The molecular formula is C12H9ClN4O. The molecule has 0 saturated heterocycles. The largest absolute Gasteiger partial charge is 0.414 e. The second-order valence-electron chi connectivity index (χ2n) is 3.83. The SMILES string of the molecule is Cc1cc(-c2nnc(-c3ccccc3Cl)o2)n[nH]1. The van der Waals surface area contributed by atoms with Gasteiger partial charge in [0.2, 0.25) is 5.89 Å². The molecule has 0 amide bonds. The average Bonchev–Trinajstić information content (AvgIpc) is 2.98. The van der Waals surface area contributed by atoms with Gasteiger partial charge in [0.1, 0.15) is 5.69 Å². The van der Waals surface area contributed by atoms with Crippen LogP contribution in [0.4, 0.5) is 0 Å². The Morgan fingerprint density at radius 2 is 1.94 bits per heavy atom. The fourth-order valence-corrected chi connectivity index (χ4v) is 1.81. The summed E-state index contributed by atoms with van der Waals surface area (Å²) in [6.07, 6.45) is 0. The van der Waals surface area contributed by atoms with Gasteiger partial charge < -0.3 is 4.42 Å². The Morgan fingerprint density at radius 1 is 1.17 bits per heavy atom. The molecule has 1 N–H and O–H groups in total. The molecule has 0 spiro atoms. The molecule has 3 aromatic rings. The minimum Gasteiger partial charge on any atom is -0.414 e. The molecule has 6 heteroatoms. The lowest BCUT2D eigenvalue weighted by Gasteiger charge is -1.96. The molecular weight excluding hydrogens is 252 g/mol. The standard InChI is InChI=1S/C12H9ClN4O/c1-7-6-10(15-14-7)12-17-16-11(18-12)8-4-2-3-5-9(8)13/h2-6H,1H3,(H,14,15). The summed E-state index contributed by atoms with van der Waals surface area (Å²) in [4.78, 5) is 0. The maximum atomic E-state index is 6.07. The Morgan fingerprint density at radius 3 is 2.67 bits per heavy atom. The maximum Gasteiger partial charge on any atom is 0.268 e. The van der Waals surface area contributed by atoms with E-state index in [1.54, 1.807) is 6.07 Å². The van der Waals surface area contributed by atoms with Crippen LogP contribution in [0.1, 0.15) is 5.69 Å². The van der Waals surface area contributed by atoms with E-state index in [9.17, 15) is 0 Å². The van der Waals surface area contributed by atoms with Crippen LogP contribution in [0, 0.1) is 6.92 Å². The quantitative estimate of drug-likeness (QED) is 0.769. The lowest BCUT2D eigenvalue weighted by Crippen LogP contribution is -1.78. The number of rotatable bonds is 2. The van der Waals surface area contributed by atoms with E-state index >= 15 is 0 Å². The molecule has 5 nitrogen and oxygen atoms in total. The van der Waals surface area contributed by atoms with Crippen molar-refractivity contribution in [2.75, 3.05) is 0 Å². The first-order valence-corrected chi connectivity index (χ1v) is 5.72. The fraction of sp³-hybridized carbons (Fsp3) is 0.0833. The molecule has 2 heterocycles. The molecule has 90 valence electrons. The van der Waals surface area contributed by atoms with E-state index in [0.717, 1.165) is 5.69 Å². The maximum absolute atomic E-state index is 6.07. The second-order valence-corrected chi connectivity index (χ2v) is 4.24. The van der Waals surface area contributed by atoms with Crippen LogP contribution in [0.15, 0.2) is 34.7 Å². The molecule has 3 rings (SSSR count). The fourth-order valence-electron chi connectivity index (χ4n) is 1.60. The van der Waals surface area contributed by atoms with E-state index in [2.05, 4.69) is 20.4 Å². The van der Waals surface area contributed by atoms with Gasteiger partial charge in [-0.2, -0.15) is 5.10 Å². The molecule has 0 atom stereocenters. The van der Waals surface area contributed by atoms with Crippen LogP contribution in [0.5, 0.6) is 0 Å². The molecule has 18 heavy (non-hydrogen) atoms. The summed E-state index contributed by atoms with van der Waals surface area (Å²) in [7, 11) is 0. The van der Waals surface area contributed by atoms with Crippen LogP contribution in [-0.2, 0) is 0 Å². The molecule has 0 unspecified atom stereocenters. The number of halogens is 1. The molecule has 0 aliphatic carbocycles. The predicted molar refractivity (Wildman–Crippen MR) is 67.1 cm³/mol. The van der Waals surface area contributed by atoms with E-state index in [0.29, 0.717) is 28.1 Å². The summed E-state index contributed by atoms with van der Waals surface area (Å²) in [5.74, 6) is 0.755. The number of nitrogens with zero attached hydrogens (tertiary/aromatic N) is 3. The Labute approximate surface area is 108 Å². The summed E-state index contributed by atoms with van der Waals surface area (Å²) in [5.41, 5.74) is 2.27. The number of benzene rings is 1. The Kier molecular flexibility index (Phi) is 2.60. The predicted octanol–water partition coefficient (Wildman–Crippen LogP) is 3.09. The highest BCUT2D eigenvalue weighted by Crippen LogP contribution is 2.28. The third kappa shape index (κ3) is 1.89. The summed E-state index contributed by atoms with van der Waals surface area (Å²) in [5, 5.41) is 15.4. The third-order valence-electron chi connectivity index (χ3n) is 2.45. The first kappa shape index (κ1) is 11.0. The van der Waals surface area contributed by atoms with E-state index < -0.39 is 0 Å². The minimum absolute atomic E-state index is 0.370. The van der Waals surface area contributed by atoms with Crippen molar-refractivity contribution in [3.63, 3.8) is 0 Å². The minimum atomic E-state index is 0.370. The summed E-state index contributed by atoms with van der Waals surface area (Å²) >= 11 is 6.07. The Balaban J connectivity index is 2.02. The van der Waals surface area contributed by atoms with Crippen LogP contribution >= 0.6 is 11.6 Å². The number of aromatic nitrogens is 4. The normalized spacial score (nSPS) is 10.8. The average molecular weight is 261 g/mol. The number of H-pyrrole nitrogens is 1. The highest BCUT2D eigenvalue weighted by molar-refractivity contribution is 6.33. The van der Waals surface area contributed by atoms with Gasteiger partial charge >= 0.3 is 0 Å². The lowest BCUT2D eigenvalue weighted by molar-refractivity contribution is 0.582. The zero-order chi connectivity index (χ0) is 12.5. The van der Waals surface area contributed by atoms with Crippen molar-refractivity contribution in [3.8, 4) is 23.0 Å². The van der Waals surface area contributed by atoms with E-state index in [-0.39, 0.29) is 0 Å². The number of aromatic amines is 1. The first-order valence-electron chi connectivity index (χ1n) is 5.35. The van der Waals surface area contributed by atoms with Gasteiger partial charge in [-0.1, -0.05) is 23.7 Å². The first-order chi connectivity index (χ1) is 8.74. The molecule has 1 aromatic carbocycles. The van der Waals surface area contributed by atoms with E-state index in [1.807, 2.05) is 31.2 Å². The van der Waals surface area contributed by atoms with Crippen molar-refractivity contribution < 1.29 is 4.42 Å². The molecule has 0 radical (unpaired) electrons. The van der Waals surface area contributed by atoms with Crippen molar-refractivity contribution in [1.29, 1.82) is 0 Å². The van der Waals surface area contributed by atoms with Gasteiger partial charge in [-0.25, -0.2) is 0 Å². The number of hydrogen-bond donors (Lipinski definition) is 1. The number of hydrogen-bond acceptors (Lipinski definition) is 4. The van der Waals surface area contributed by atoms with Gasteiger partial charge in [0.25, 0.3) is 5.89 Å². The van der Waals surface area contributed by atoms with Crippen molar-refractivity contribution in [2.45, 2.75) is 6.92 Å². The molecule has 0 fully saturated rings. The molecule has 0 aliphatic rings. The molecule has 0 saturated carbocycles. The summed E-state index contributed by atoms with van der Waals surface area (Å²) < 4.78 is 5.56. The molecule has 0 bridgehead atoms. The van der Waals surface area contributed by atoms with Crippen molar-refractivity contribution in [3.05, 3.63) is 41.0 Å². The highest BCUT2D eigenvalue weighted by atomic mass is 35.5. The Hall–Kier alpha value is -2.14. The van der Waals surface area contributed by atoms with Crippen LogP contribution in [-0.4, -0.2) is 20.4 Å². The number of nitrogens with one attached hydrogen (secondary N) is 1. The van der Waals surface area contributed by atoms with Crippen molar-refractivity contribution >= 4 is 11.6 Å². The number of aryl methyl sites for hydroxylation is 1.